The van der Waals surface area contributed by atoms with Crippen molar-refractivity contribution in [1.29, 1.82) is 0 Å². The van der Waals surface area contributed by atoms with E-state index in [1.165, 1.54) is 12.1 Å². The summed E-state index contributed by atoms with van der Waals surface area (Å²) in [5.41, 5.74) is 0.203. The Morgan fingerprint density at radius 3 is 2.30 bits per heavy atom. The van der Waals surface area contributed by atoms with Gasteiger partial charge in [0, 0.05) is 17.7 Å². The van der Waals surface area contributed by atoms with Crippen LogP contribution in [0.15, 0.2) is 17.1 Å². The molecule has 1 atom stereocenters. The molecule has 0 aromatic heterocycles. The Morgan fingerprint density at radius 2 is 1.87 bits per heavy atom. The first-order valence-electron chi connectivity index (χ1n) is 7.64. The molecular weight excluding hydrogens is 296 g/mol. The largest absolute Gasteiger partial charge is 0.507 e. The summed E-state index contributed by atoms with van der Waals surface area (Å²) < 4.78 is 5.63. The zero-order chi connectivity index (χ0) is 17.6. The summed E-state index contributed by atoms with van der Waals surface area (Å²) in [4.78, 5) is 15.3. The quantitative estimate of drug-likeness (QED) is 0.663. The summed E-state index contributed by atoms with van der Waals surface area (Å²) >= 11 is 0. The number of nitro benzene ring substituents is 1. The Labute approximate surface area is 136 Å². The van der Waals surface area contributed by atoms with Crippen molar-refractivity contribution in [3.05, 3.63) is 33.4 Å². The first-order valence-corrected chi connectivity index (χ1v) is 7.64. The Kier molecular flexibility index (Phi) is 4.13. The Hall–Kier alpha value is -2.11. The third-order valence-electron chi connectivity index (χ3n) is 3.99. The van der Waals surface area contributed by atoms with Crippen LogP contribution in [0.2, 0.25) is 0 Å². The summed E-state index contributed by atoms with van der Waals surface area (Å²) in [7, 11) is 0. The summed E-state index contributed by atoms with van der Waals surface area (Å²) in [6.07, 6.45) is 0. The second kappa shape index (κ2) is 5.51. The van der Waals surface area contributed by atoms with Crippen molar-refractivity contribution in [2.24, 2.45) is 10.4 Å². The van der Waals surface area contributed by atoms with Crippen LogP contribution in [0.1, 0.15) is 52.7 Å². The van der Waals surface area contributed by atoms with Crippen molar-refractivity contribution in [1.82, 2.24) is 0 Å². The Morgan fingerprint density at radius 1 is 1.26 bits per heavy atom. The van der Waals surface area contributed by atoms with Crippen molar-refractivity contribution < 1.29 is 14.8 Å². The monoisotopic (exact) mass is 320 g/mol. The van der Waals surface area contributed by atoms with E-state index in [1.54, 1.807) is 0 Å². The minimum atomic E-state index is -0.463. The van der Waals surface area contributed by atoms with Gasteiger partial charge < -0.3 is 9.84 Å². The van der Waals surface area contributed by atoms with Crippen LogP contribution in [0.5, 0.6) is 5.75 Å². The molecule has 1 aromatic carbocycles. The number of non-ortho nitro benzene ring substituents is 1. The van der Waals surface area contributed by atoms with Crippen LogP contribution in [0.25, 0.3) is 0 Å². The second-order valence-corrected chi connectivity index (χ2v) is 8.02. The molecule has 126 valence electrons. The lowest BCUT2D eigenvalue weighted by molar-refractivity contribution is -0.385. The molecule has 0 amide bonds. The molecule has 1 aliphatic heterocycles. The lowest BCUT2D eigenvalue weighted by Crippen LogP contribution is -2.25. The predicted octanol–water partition coefficient (Wildman–Crippen LogP) is 3.79. The van der Waals surface area contributed by atoms with Crippen molar-refractivity contribution in [3.63, 3.8) is 0 Å². The molecule has 23 heavy (non-hydrogen) atoms. The average molecular weight is 320 g/mol. The summed E-state index contributed by atoms with van der Waals surface area (Å²) in [5, 5.41) is 21.8. The number of benzene rings is 1. The van der Waals surface area contributed by atoms with Crippen molar-refractivity contribution in [3.8, 4) is 5.75 Å². The van der Waals surface area contributed by atoms with Gasteiger partial charge in [0.05, 0.1) is 16.5 Å². The molecule has 0 bridgehead atoms. The smallest absolute Gasteiger partial charge is 0.270 e. The fourth-order valence-electron chi connectivity index (χ4n) is 2.42. The number of aromatic hydroxyl groups is 1. The minimum Gasteiger partial charge on any atom is -0.507 e. The van der Waals surface area contributed by atoms with E-state index in [1.807, 2.05) is 20.8 Å². The number of ether oxygens (including phenoxy) is 1. The molecule has 1 aliphatic rings. The lowest BCUT2D eigenvalue weighted by atomic mass is 9.84. The zero-order valence-corrected chi connectivity index (χ0v) is 14.5. The van der Waals surface area contributed by atoms with E-state index in [2.05, 4.69) is 25.8 Å². The van der Waals surface area contributed by atoms with Crippen LogP contribution in [-0.4, -0.2) is 28.6 Å². The van der Waals surface area contributed by atoms with Crippen LogP contribution in [0, 0.1) is 15.5 Å². The molecule has 0 saturated heterocycles. The molecule has 1 aromatic rings. The standard InChI is InChI=1S/C17H24N2O4/c1-16(2,3)12-8-10(19(21)22)7-11(14(12)20)15-18-13(9-23-15)17(4,5)6/h7-8,13,20H,9H2,1-6H3/t13-/m1/s1. The predicted molar refractivity (Wildman–Crippen MR) is 89.2 cm³/mol. The highest BCUT2D eigenvalue weighted by Gasteiger charge is 2.33. The second-order valence-electron chi connectivity index (χ2n) is 8.02. The van der Waals surface area contributed by atoms with Gasteiger partial charge in [0.25, 0.3) is 5.69 Å². The first-order chi connectivity index (χ1) is 10.4. The van der Waals surface area contributed by atoms with E-state index >= 15 is 0 Å². The highest BCUT2D eigenvalue weighted by atomic mass is 16.6. The number of hydrogen-bond donors (Lipinski definition) is 1. The van der Waals surface area contributed by atoms with Crippen molar-refractivity contribution in [2.45, 2.75) is 53.0 Å². The van der Waals surface area contributed by atoms with E-state index in [0.29, 0.717) is 12.2 Å². The molecule has 0 spiro atoms. The SMILES string of the molecule is CC(C)(C)c1cc([N+](=O)[O-])cc(C2=N[C@@H](C(C)(C)C)CO2)c1O. The fourth-order valence-corrected chi connectivity index (χ4v) is 2.42. The summed E-state index contributed by atoms with van der Waals surface area (Å²) in [6, 6.07) is 2.69. The van der Waals surface area contributed by atoms with Gasteiger partial charge in [-0.3, -0.25) is 10.1 Å². The maximum Gasteiger partial charge on any atom is 0.270 e. The fraction of sp³-hybridized carbons (Fsp3) is 0.588. The van der Waals surface area contributed by atoms with Gasteiger partial charge in [-0.05, 0) is 10.8 Å². The van der Waals surface area contributed by atoms with Gasteiger partial charge in [0.15, 0.2) is 0 Å². The van der Waals surface area contributed by atoms with Crippen LogP contribution in [0.4, 0.5) is 5.69 Å². The van der Waals surface area contributed by atoms with Crippen molar-refractivity contribution >= 4 is 11.6 Å². The van der Waals surface area contributed by atoms with Crippen molar-refractivity contribution in [2.75, 3.05) is 6.61 Å². The Bertz CT molecular complexity index is 666. The molecule has 2 rings (SSSR count). The Balaban J connectivity index is 2.59. The van der Waals surface area contributed by atoms with E-state index in [4.69, 9.17) is 4.74 Å². The maximum absolute atomic E-state index is 11.2. The van der Waals surface area contributed by atoms with Gasteiger partial charge in [0.2, 0.25) is 5.90 Å². The number of aliphatic imine (C=N–C) groups is 1. The first kappa shape index (κ1) is 17.2. The third-order valence-corrected chi connectivity index (χ3v) is 3.99. The minimum absolute atomic E-state index is 0.00332. The zero-order valence-electron chi connectivity index (χ0n) is 14.5. The summed E-state index contributed by atoms with van der Waals surface area (Å²) in [6.45, 7) is 12.3. The molecule has 1 N–H and O–H groups in total. The molecule has 0 radical (unpaired) electrons. The molecule has 0 unspecified atom stereocenters. The number of nitro groups is 1. The topological polar surface area (TPSA) is 85.0 Å². The van der Waals surface area contributed by atoms with Crippen LogP contribution in [0.3, 0.4) is 0 Å². The normalized spacial score (nSPS) is 18.5. The van der Waals surface area contributed by atoms with Crippen LogP contribution in [-0.2, 0) is 10.2 Å². The maximum atomic E-state index is 11.2. The highest BCUT2D eigenvalue weighted by molar-refractivity contribution is 5.99. The van der Waals surface area contributed by atoms with Crippen LogP contribution < -0.4 is 0 Å². The molecule has 6 heteroatoms. The molecule has 6 nitrogen and oxygen atoms in total. The molecule has 0 aliphatic carbocycles. The highest BCUT2D eigenvalue weighted by Crippen LogP contribution is 2.38. The van der Waals surface area contributed by atoms with Gasteiger partial charge in [-0.15, -0.1) is 0 Å². The van der Waals surface area contributed by atoms with E-state index in [-0.39, 0.29) is 34.4 Å². The van der Waals surface area contributed by atoms with Gasteiger partial charge >= 0.3 is 0 Å². The third kappa shape index (κ3) is 3.46. The van der Waals surface area contributed by atoms with Crippen LogP contribution >= 0.6 is 0 Å². The van der Waals surface area contributed by atoms with E-state index in [0.717, 1.165) is 0 Å². The van der Waals surface area contributed by atoms with Gasteiger partial charge in [-0.2, -0.15) is 0 Å². The molecular formula is C17H24N2O4. The molecule has 1 heterocycles. The number of rotatable bonds is 2. The van der Waals surface area contributed by atoms with Gasteiger partial charge in [0.1, 0.15) is 12.4 Å². The summed E-state index contributed by atoms with van der Waals surface area (Å²) in [5.74, 6) is 0.271. The lowest BCUT2D eigenvalue weighted by Gasteiger charge is -2.22. The molecule has 0 fully saturated rings. The number of hydrogen-bond acceptors (Lipinski definition) is 5. The van der Waals surface area contributed by atoms with E-state index < -0.39 is 10.3 Å². The average Bonchev–Trinajstić information content (AvgIpc) is 2.86. The number of phenolic OH excluding ortho intramolecular Hbond substituents is 1. The van der Waals surface area contributed by atoms with E-state index in [9.17, 15) is 15.2 Å². The number of nitrogens with zero attached hydrogens (tertiary/aromatic N) is 2. The molecule has 0 saturated carbocycles. The number of phenols is 1. The van der Waals surface area contributed by atoms with Gasteiger partial charge in [-0.1, -0.05) is 41.5 Å². The van der Waals surface area contributed by atoms with Gasteiger partial charge in [-0.25, -0.2) is 4.99 Å².